The second-order valence-electron chi connectivity index (χ2n) is 2.23. The molecule has 0 unspecified atom stereocenters. The molecule has 1 aromatic carbocycles. The van der Waals surface area contributed by atoms with Gasteiger partial charge in [-0.3, -0.25) is 4.55 Å². The van der Waals surface area contributed by atoms with Gasteiger partial charge in [0.15, 0.2) is 0 Å². The third-order valence-electron chi connectivity index (χ3n) is 1.23. The molecule has 13 heavy (non-hydrogen) atoms. The summed E-state index contributed by atoms with van der Waals surface area (Å²) < 4.78 is 28.9. The summed E-state index contributed by atoms with van der Waals surface area (Å²) in [5.41, 5.74) is 0.732. The molecule has 0 saturated heterocycles. The molecule has 1 rings (SSSR count). The fourth-order valence-electron chi connectivity index (χ4n) is 0.729. The zero-order valence-electron chi connectivity index (χ0n) is 8.92. The summed E-state index contributed by atoms with van der Waals surface area (Å²) in [6.07, 6.45) is 1.33. The van der Waals surface area contributed by atoms with Crippen molar-refractivity contribution < 1.29 is 15.8 Å². The Kier molecular flexibility index (Phi) is 6.23. The predicted octanol–water partition coefficient (Wildman–Crippen LogP) is 1.39. The van der Waals surface area contributed by atoms with Crippen LogP contribution in [-0.4, -0.2) is 61.9 Å². The van der Waals surface area contributed by atoms with Crippen molar-refractivity contribution in [1.29, 1.82) is 0 Å². The fraction of sp³-hybridized carbons (Fsp3) is 0. The van der Waals surface area contributed by atoms with Crippen LogP contribution in [-0.2, 0) is 10.1 Å². The van der Waals surface area contributed by atoms with Crippen molar-refractivity contribution in [2.75, 3.05) is 0 Å². The second-order valence-corrected chi connectivity index (χ2v) is 3.53. The first-order valence-electron chi connectivity index (χ1n) is 3.28. The van der Waals surface area contributed by atoms with Crippen molar-refractivity contribution in [3.63, 3.8) is 0 Å². The van der Waals surface area contributed by atoms with Crippen LogP contribution in [0.15, 0.2) is 35.7 Å². The van der Waals surface area contributed by atoms with Crippen LogP contribution >= 0.6 is 0 Å². The predicted molar refractivity (Wildman–Crippen MR) is 55.0 cm³/mol. The van der Waals surface area contributed by atoms with Crippen molar-refractivity contribution in [2.24, 2.45) is 0 Å². The number of hydrogen-bond acceptors (Lipinski definition) is 2. The van der Waals surface area contributed by atoms with Crippen LogP contribution in [0.25, 0.3) is 6.08 Å². The monoisotopic (exact) mass is 324 g/mol. The van der Waals surface area contributed by atoms with Gasteiger partial charge in [-0.2, -0.15) is 8.42 Å². The van der Waals surface area contributed by atoms with Gasteiger partial charge in [-0.05, 0) is 11.6 Å². The van der Waals surface area contributed by atoms with E-state index in [-0.39, 0.29) is 51.7 Å². The van der Waals surface area contributed by atoms with Gasteiger partial charge < -0.3 is 2.85 Å². The van der Waals surface area contributed by atoms with Crippen LogP contribution in [0.5, 0.6) is 0 Å². The molecule has 0 atom stereocenters. The van der Waals surface area contributed by atoms with E-state index in [0.29, 0.717) is 0 Å². The van der Waals surface area contributed by atoms with Crippen LogP contribution < -0.4 is 0 Å². The maximum Gasteiger partial charge on any atom is 2.00 e. The van der Waals surface area contributed by atoms with Gasteiger partial charge in [0.25, 0.3) is 10.1 Å². The summed E-state index contributed by atoms with van der Waals surface area (Å²) >= 11 is 0. The first-order chi connectivity index (χ1) is 5.58. The largest absolute Gasteiger partial charge is 2.00 e. The van der Waals surface area contributed by atoms with Gasteiger partial charge >= 0.3 is 48.9 Å². The van der Waals surface area contributed by atoms with E-state index in [1.165, 1.54) is 6.08 Å². The Bertz CT molecular complexity index is 378. The number of rotatable bonds is 2. The molecule has 0 saturated carbocycles. The summed E-state index contributed by atoms with van der Waals surface area (Å²) in [6, 6.07) is 8.86. The Balaban J connectivity index is -0.000000480. The molecule has 3 nitrogen and oxygen atoms in total. The topological polar surface area (TPSA) is 54.4 Å². The summed E-state index contributed by atoms with van der Waals surface area (Å²) in [5, 5.41) is 0.752. The van der Waals surface area contributed by atoms with Crippen molar-refractivity contribution in [1.82, 2.24) is 0 Å². The average Bonchev–Trinajstić information content (AvgIpc) is 2.02. The Morgan fingerprint density at radius 3 is 2.23 bits per heavy atom. The summed E-state index contributed by atoms with van der Waals surface area (Å²) in [4.78, 5) is 0. The van der Waals surface area contributed by atoms with Gasteiger partial charge in [0.1, 0.15) is 0 Å². The average molecular weight is 324 g/mol. The molecule has 0 aliphatic rings. The molecule has 0 aliphatic carbocycles. The number of benzene rings is 1. The van der Waals surface area contributed by atoms with Crippen molar-refractivity contribution in [3.05, 3.63) is 41.3 Å². The third kappa shape index (κ3) is 6.50. The molecule has 1 N–H and O–H groups in total. The first-order valence-corrected chi connectivity index (χ1v) is 4.79. The Hall–Kier alpha value is 0.441. The molecule has 0 aliphatic heterocycles. The van der Waals surface area contributed by atoms with Gasteiger partial charge in [0.05, 0.1) is 5.41 Å². The SMILES string of the molecule is O=S(=O)(O)C=Cc1ccccc1.[Ba+2].[H-].[H-]. The molecular formula is C8H10BaO3S. The minimum Gasteiger partial charge on any atom is -1.00 e. The van der Waals surface area contributed by atoms with E-state index in [1.807, 2.05) is 6.07 Å². The van der Waals surface area contributed by atoms with E-state index in [2.05, 4.69) is 0 Å². The standard InChI is InChI=1S/C8H8O3S.Ba.2H/c9-12(10,11)7-6-8-4-2-1-3-5-8;;;/h1-7H,(H,9,10,11);;;/q;+2;2*-1. The molecule has 0 bridgehead atoms. The maximum atomic E-state index is 10.3. The smallest absolute Gasteiger partial charge is 1.00 e. The van der Waals surface area contributed by atoms with Crippen molar-refractivity contribution in [2.45, 2.75) is 0 Å². The summed E-state index contributed by atoms with van der Waals surface area (Å²) in [6.45, 7) is 0. The molecule has 0 aromatic heterocycles. The van der Waals surface area contributed by atoms with Gasteiger partial charge in [-0.25, -0.2) is 0 Å². The molecule has 0 radical (unpaired) electrons. The quantitative estimate of drug-likeness (QED) is 0.661. The maximum absolute atomic E-state index is 10.3. The zero-order valence-corrected chi connectivity index (χ0v) is 12.2. The molecule has 0 heterocycles. The van der Waals surface area contributed by atoms with Crippen LogP contribution in [0.3, 0.4) is 0 Å². The van der Waals surface area contributed by atoms with E-state index in [4.69, 9.17) is 4.55 Å². The summed E-state index contributed by atoms with van der Waals surface area (Å²) in [5.74, 6) is 0. The molecule has 0 amide bonds. The Morgan fingerprint density at radius 2 is 1.77 bits per heavy atom. The Labute approximate surface area is 121 Å². The minimum absolute atomic E-state index is 0. The minimum atomic E-state index is -4.00. The van der Waals surface area contributed by atoms with E-state index >= 15 is 0 Å². The normalized spacial score (nSPS) is 11.2. The number of hydrogen-bond donors (Lipinski definition) is 1. The van der Waals surface area contributed by atoms with Crippen LogP contribution in [0.4, 0.5) is 0 Å². The van der Waals surface area contributed by atoms with Gasteiger partial charge in [-0.15, -0.1) is 0 Å². The van der Waals surface area contributed by atoms with Gasteiger partial charge in [0, 0.05) is 0 Å². The van der Waals surface area contributed by atoms with E-state index in [0.717, 1.165) is 11.0 Å². The molecule has 0 spiro atoms. The second kappa shape index (κ2) is 6.02. The van der Waals surface area contributed by atoms with Crippen LogP contribution in [0.2, 0.25) is 0 Å². The van der Waals surface area contributed by atoms with Crippen LogP contribution in [0.1, 0.15) is 8.42 Å². The van der Waals surface area contributed by atoms with Gasteiger partial charge in [-0.1, -0.05) is 30.3 Å². The molecular weight excluding hydrogens is 313 g/mol. The zero-order chi connectivity index (χ0) is 9.03. The van der Waals surface area contributed by atoms with E-state index in [9.17, 15) is 8.42 Å². The Morgan fingerprint density at radius 1 is 1.23 bits per heavy atom. The third-order valence-corrected chi connectivity index (χ3v) is 1.71. The van der Waals surface area contributed by atoms with Crippen molar-refractivity contribution >= 4 is 65.1 Å². The molecule has 5 heteroatoms. The fourth-order valence-corrected chi connectivity index (χ4v) is 1.06. The summed E-state index contributed by atoms with van der Waals surface area (Å²) in [7, 11) is -4.00. The van der Waals surface area contributed by atoms with Crippen molar-refractivity contribution in [3.8, 4) is 0 Å². The molecule has 1 aromatic rings. The van der Waals surface area contributed by atoms with Gasteiger partial charge in [0.2, 0.25) is 0 Å². The molecule has 68 valence electrons. The molecule has 0 fully saturated rings. The van der Waals surface area contributed by atoms with E-state index < -0.39 is 10.1 Å². The van der Waals surface area contributed by atoms with Crippen LogP contribution in [0, 0.1) is 0 Å². The first kappa shape index (κ1) is 13.4. The van der Waals surface area contributed by atoms with E-state index in [1.54, 1.807) is 24.3 Å².